The molecule has 150 valence electrons. The van der Waals surface area contributed by atoms with Crippen LogP contribution in [0.1, 0.15) is 44.9 Å². The zero-order chi connectivity index (χ0) is 19.7. The topological polar surface area (TPSA) is 87.2 Å². The van der Waals surface area contributed by atoms with Gasteiger partial charge in [0.2, 0.25) is 5.91 Å². The lowest BCUT2D eigenvalue weighted by molar-refractivity contribution is -0.150. The number of carbonyl (C=O) groups excluding carboxylic acids is 2. The van der Waals surface area contributed by atoms with Gasteiger partial charge in [0, 0.05) is 30.8 Å². The molecule has 7 heteroatoms. The number of nitrogens with zero attached hydrogens (tertiary/aromatic N) is 2. The molecule has 2 amide bonds. The Morgan fingerprint density at radius 3 is 2.75 bits per heavy atom. The Morgan fingerprint density at radius 1 is 1.18 bits per heavy atom. The number of anilines is 1. The molecule has 2 heterocycles. The highest BCUT2D eigenvalue weighted by Gasteiger charge is 2.47. The standard InChI is InChI=1S/C21H26N2O5/c24-19-9-4-10-22(19)15-6-3-7-16(12-15)28-13-20(25)23-17-8-2-1-5-14(17)11-18(23)21(26)27/h3,6-7,12,14,17-18H,1-2,4-5,8-11,13H2,(H,26,27). The molecule has 28 heavy (non-hydrogen) atoms. The summed E-state index contributed by atoms with van der Waals surface area (Å²) >= 11 is 0. The molecule has 3 fully saturated rings. The number of likely N-dealkylation sites (tertiary alicyclic amines) is 1. The number of carboxylic acids is 1. The molecule has 3 aliphatic rings. The number of rotatable bonds is 5. The van der Waals surface area contributed by atoms with Crippen molar-refractivity contribution in [3.05, 3.63) is 24.3 Å². The van der Waals surface area contributed by atoms with Crippen LogP contribution in [-0.2, 0) is 14.4 Å². The van der Waals surface area contributed by atoms with Crippen molar-refractivity contribution in [2.24, 2.45) is 5.92 Å². The maximum atomic E-state index is 12.9. The molecule has 3 atom stereocenters. The predicted molar refractivity (Wildman–Crippen MR) is 102 cm³/mol. The van der Waals surface area contributed by atoms with Gasteiger partial charge >= 0.3 is 5.97 Å². The summed E-state index contributed by atoms with van der Waals surface area (Å²) in [6.45, 7) is 0.503. The Kier molecular flexibility index (Phi) is 5.24. The molecule has 0 spiro atoms. The first kappa shape index (κ1) is 18.8. The van der Waals surface area contributed by atoms with E-state index in [1.807, 2.05) is 6.07 Å². The van der Waals surface area contributed by atoms with Crippen LogP contribution in [0.3, 0.4) is 0 Å². The largest absolute Gasteiger partial charge is 0.484 e. The number of amides is 2. The quantitative estimate of drug-likeness (QED) is 0.840. The van der Waals surface area contributed by atoms with Crippen LogP contribution in [0.15, 0.2) is 24.3 Å². The number of aliphatic carboxylic acids is 1. The van der Waals surface area contributed by atoms with Crippen molar-refractivity contribution in [2.45, 2.75) is 57.0 Å². The average molecular weight is 386 g/mol. The van der Waals surface area contributed by atoms with Crippen molar-refractivity contribution < 1.29 is 24.2 Å². The van der Waals surface area contributed by atoms with Gasteiger partial charge in [-0.05, 0) is 43.7 Å². The number of hydrogen-bond acceptors (Lipinski definition) is 4. The summed E-state index contributed by atoms with van der Waals surface area (Å²) in [7, 11) is 0. The van der Waals surface area contributed by atoms with Crippen LogP contribution < -0.4 is 9.64 Å². The van der Waals surface area contributed by atoms with Crippen LogP contribution in [0.5, 0.6) is 5.75 Å². The highest BCUT2D eigenvalue weighted by Crippen LogP contribution is 2.40. The van der Waals surface area contributed by atoms with Gasteiger partial charge in [-0.2, -0.15) is 0 Å². The highest BCUT2D eigenvalue weighted by molar-refractivity contribution is 5.95. The maximum Gasteiger partial charge on any atom is 0.326 e. The second-order valence-electron chi connectivity index (χ2n) is 7.94. The van der Waals surface area contributed by atoms with E-state index in [9.17, 15) is 19.5 Å². The molecule has 7 nitrogen and oxygen atoms in total. The Hall–Kier alpha value is -2.57. The smallest absolute Gasteiger partial charge is 0.326 e. The monoisotopic (exact) mass is 386 g/mol. The fourth-order valence-corrected chi connectivity index (χ4v) is 4.92. The summed E-state index contributed by atoms with van der Waals surface area (Å²) in [4.78, 5) is 39.7. The minimum absolute atomic E-state index is 0.0134. The molecule has 1 aromatic carbocycles. The lowest BCUT2D eigenvalue weighted by Gasteiger charge is -2.32. The number of carbonyl (C=O) groups is 3. The fraction of sp³-hybridized carbons (Fsp3) is 0.571. The predicted octanol–water partition coefficient (Wildman–Crippen LogP) is 2.44. The van der Waals surface area contributed by atoms with Crippen molar-refractivity contribution in [1.29, 1.82) is 0 Å². The van der Waals surface area contributed by atoms with Gasteiger partial charge in [-0.15, -0.1) is 0 Å². The molecule has 1 N–H and O–H groups in total. The summed E-state index contributed by atoms with van der Waals surface area (Å²) in [6.07, 6.45) is 5.93. The minimum Gasteiger partial charge on any atom is -0.484 e. The molecule has 1 aromatic rings. The molecule has 0 bridgehead atoms. The van der Waals surface area contributed by atoms with E-state index >= 15 is 0 Å². The van der Waals surface area contributed by atoms with Crippen molar-refractivity contribution in [2.75, 3.05) is 18.1 Å². The van der Waals surface area contributed by atoms with Gasteiger partial charge in [0.25, 0.3) is 5.91 Å². The lowest BCUT2D eigenvalue weighted by atomic mass is 9.85. The summed E-state index contributed by atoms with van der Waals surface area (Å²) in [5.41, 5.74) is 0.768. The first-order valence-corrected chi connectivity index (χ1v) is 10.1. The molecule has 0 radical (unpaired) electrons. The molecule has 2 aliphatic heterocycles. The Labute approximate surface area is 164 Å². The van der Waals surface area contributed by atoms with Gasteiger partial charge in [-0.25, -0.2) is 4.79 Å². The van der Waals surface area contributed by atoms with Crippen LogP contribution in [-0.4, -0.2) is 53.0 Å². The van der Waals surface area contributed by atoms with E-state index < -0.39 is 12.0 Å². The fourth-order valence-electron chi connectivity index (χ4n) is 4.92. The third-order valence-corrected chi connectivity index (χ3v) is 6.23. The Morgan fingerprint density at radius 2 is 2.00 bits per heavy atom. The van der Waals surface area contributed by atoms with E-state index in [4.69, 9.17) is 4.74 Å². The van der Waals surface area contributed by atoms with Crippen molar-refractivity contribution in [3.63, 3.8) is 0 Å². The first-order chi connectivity index (χ1) is 13.5. The Bertz CT molecular complexity index is 780. The summed E-state index contributed by atoms with van der Waals surface area (Å²) in [6, 6.07) is 6.43. The second-order valence-corrected chi connectivity index (χ2v) is 7.94. The number of carboxylic acid groups (broad SMARTS) is 1. The minimum atomic E-state index is -0.933. The first-order valence-electron chi connectivity index (χ1n) is 10.1. The molecule has 0 aromatic heterocycles. The van der Waals surface area contributed by atoms with E-state index in [2.05, 4.69) is 0 Å². The summed E-state index contributed by atoms with van der Waals surface area (Å²) < 4.78 is 5.70. The van der Waals surface area contributed by atoms with E-state index in [0.717, 1.165) is 37.8 Å². The number of hydrogen-bond donors (Lipinski definition) is 1. The van der Waals surface area contributed by atoms with Gasteiger partial charge in [0.05, 0.1) is 0 Å². The third-order valence-electron chi connectivity index (χ3n) is 6.23. The molecule has 1 saturated carbocycles. The van der Waals surface area contributed by atoms with Crippen LogP contribution in [0.2, 0.25) is 0 Å². The van der Waals surface area contributed by atoms with Gasteiger partial charge in [-0.1, -0.05) is 18.9 Å². The molecular weight excluding hydrogens is 360 g/mol. The van der Waals surface area contributed by atoms with Crippen molar-refractivity contribution in [1.82, 2.24) is 4.90 Å². The average Bonchev–Trinajstić information content (AvgIpc) is 3.30. The lowest BCUT2D eigenvalue weighted by Crippen LogP contribution is -2.48. The van der Waals surface area contributed by atoms with E-state index in [-0.39, 0.29) is 30.4 Å². The Balaban J connectivity index is 1.43. The van der Waals surface area contributed by atoms with Gasteiger partial charge in [0.15, 0.2) is 6.61 Å². The molecule has 3 unspecified atom stereocenters. The molecule has 2 saturated heterocycles. The van der Waals surface area contributed by atoms with Crippen LogP contribution in [0.4, 0.5) is 5.69 Å². The third kappa shape index (κ3) is 3.57. The molecule has 1 aliphatic carbocycles. The zero-order valence-corrected chi connectivity index (χ0v) is 15.9. The zero-order valence-electron chi connectivity index (χ0n) is 15.9. The van der Waals surface area contributed by atoms with Crippen LogP contribution in [0, 0.1) is 5.92 Å². The maximum absolute atomic E-state index is 12.9. The van der Waals surface area contributed by atoms with E-state index in [1.165, 1.54) is 0 Å². The van der Waals surface area contributed by atoms with Crippen LogP contribution >= 0.6 is 0 Å². The number of benzene rings is 1. The summed E-state index contributed by atoms with van der Waals surface area (Å²) in [5, 5.41) is 9.58. The van der Waals surface area contributed by atoms with Crippen molar-refractivity contribution in [3.8, 4) is 5.75 Å². The SMILES string of the molecule is O=C(O)C1CC2CCCCC2N1C(=O)COc1cccc(N2CCCC2=O)c1. The van der Waals surface area contributed by atoms with Crippen LogP contribution in [0.25, 0.3) is 0 Å². The van der Waals surface area contributed by atoms with Crippen molar-refractivity contribution >= 4 is 23.5 Å². The number of ether oxygens (including phenoxy) is 1. The number of fused-ring (bicyclic) bond motifs is 1. The summed E-state index contributed by atoms with van der Waals surface area (Å²) in [5.74, 6) is -0.320. The van der Waals surface area contributed by atoms with Gasteiger partial charge < -0.3 is 19.6 Å². The van der Waals surface area contributed by atoms with E-state index in [0.29, 0.717) is 25.1 Å². The van der Waals surface area contributed by atoms with E-state index in [1.54, 1.807) is 28.0 Å². The molecule has 4 rings (SSSR count). The molecular formula is C21H26N2O5. The highest BCUT2D eigenvalue weighted by atomic mass is 16.5. The van der Waals surface area contributed by atoms with Gasteiger partial charge in [0.1, 0.15) is 11.8 Å². The van der Waals surface area contributed by atoms with Gasteiger partial charge in [-0.3, -0.25) is 9.59 Å². The second kappa shape index (κ2) is 7.81. The normalized spacial score (nSPS) is 27.0.